The average molecular weight is 282 g/mol. The number of primary amides is 1. The number of esters is 1. The molecule has 1 aromatic carbocycles. The molecular formula is C12H14N2O6. The monoisotopic (exact) mass is 282 g/mol. The van der Waals surface area contributed by atoms with Crippen molar-refractivity contribution in [2.24, 2.45) is 5.73 Å². The largest absolute Gasteiger partial charge is 0.497 e. The third-order valence-electron chi connectivity index (χ3n) is 2.18. The zero-order valence-corrected chi connectivity index (χ0v) is 11.0. The molecule has 0 aromatic heterocycles. The van der Waals surface area contributed by atoms with Crippen molar-refractivity contribution < 1.29 is 28.6 Å². The van der Waals surface area contributed by atoms with Crippen molar-refractivity contribution in [2.45, 2.75) is 0 Å². The Morgan fingerprint density at radius 1 is 1.10 bits per heavy atom. The molecule has 0 atom stereocenters. The van der Waals surface area contributed by atoms with Gasteiger partial charge in [-0.15, -0.1) is 0 Å². The molecule has 0 saturated heterocycles. The summed E-state index contributed by atoms with van der Waals surface area (Å²) in [7, 11) is 2.87. The standard InChI is InChI=1S/C12H14N2O6/c1-18-8-3-7(4-9(5-8)19-2)11(16)20-6-10(15)14-12(13)17/h3-5H,6H2,1-2H3,(H3,13,14,15,17). The van der Waals surface area contributed by atoms with E-state index in [2.05, 4.69) is 0 Å². The summed E-state index contributed by atoms with van der Waals surface area (Å²) in [5.74, 6) is -0.779. The number of nitrogens with two attached hydrogens (primary N) is 1. The predicted molar refractivity (Wildman–Crippen MR) is 67.6 cm³/mol. The third kappa shape index (κ3) is 4.48. The molecule has 0 spiro atoms. The maximum absolute atomic E-state index is 11.7. The molecule has 0 saturated carbocycles. The number of carbonyl (C=O) groups is 3. The van der Waals surface area contributed by atoms with E-state index in [0.29, 0.717) is 11.5 Å². The summed E-state index contributed by atoms with van der Waals surface area (Å²) in [6.45, 7) is -0.624. The van der Waals surface area contributed by atoms with Crippen molar-refractivity contribution in [2.75, 3.05) is 20.8 Å². The molecule has 0 fully saturated rings. The van der Waals surface area contributed by atoms with E-state index in [1.54, 1.807) is 11.4 Å². The molecular weight excluding hydrogens is 268 g/mol. The first kappa shape index (κ1) is 15.3. The molecule has 0 aliphatic rings. The lowest BCUT2D eigenvalue weighted by atomic mass is 10.2. The van der Waals surface area contributed by atoms with Crippen molar-refractivity contribution in [1.82, 2.24) is 5.32 Å². The van der Waals surface area contributed by atoms with Crippen molar-refractivity contribution >= 4 is 17.9 Å². The molecule has 0 heterocycles. The normalized spacial score (nSPS) is 9.50. The Kier molecular flexibility index (Phi) is 5.33. The van der Waals surface area contributed by atoms with Crippen LogP contribution in [-0.4, -0.2) is 38.7 Å². The van der Waals surface area contributed by atoms with E-state index in [9.17, 15) is 14.4 Å². The van der Waals surface area contributed by atoms with Crippen LogP contribution in [0.4, 0.5) is 4.79 Å². The lowest BCUT2D eigenvalue weighted by molar-refractivity contribution is -0.123. The van der Waals surface area contributed by atoms with Gasteiger partial charge in [-0.25, -0.2) is 9.59 Å². The fraction of sp³-hybridized carbons (Fsp3) is 0.250. The van der Waals surface area contributed by atoms with Gasteiger partial charge in [0, 0.05) is 6.07 Å². The number of amides is 3. The van der Waals surface area contributed by atoms with Crippen LogP contribution < -0.4 is 20.5 Å². The van der Waals surface area contributed by atoms with Crippen LogP contribution in [0.5, 0.6) is 11.5 Å². The van der Waals surface area contributed by atoms with Crippen LogP contribution in [0.15, 0.2) is 18.2 Å². The second-order valence-corrected chi connectivity index (χ2v) is 3.59. The topological polar surface area (TPSA) is 117 Å². The van der Waals surface area contributed by atoms with Gasteiger partial charge in [0.05, 0.1) is 19.8 Å². The van der Waals surface area contributed by atoms with E-state index < -0.39 is 24.5 Å². The predicted octanol–water partition coefficient (Wildman–Crippen LogP) is 0.0555. The van der Waals surface area contributed by atoms with Crippen LogP contribution in [0.2, 0.25) is 0 Å². The average Bonchev–Trinajstić information content (AvgIpc) is 2.43. The number of hydrogen-bond donors (Lipinski definition) is 2. The van der Waals surface area contributed by atoms with Gasteiger partial charge in [-0.2, -0.15) is 0 Å². The Hall–Kier alpha value is -2.77. The minimum atomic E-state index is -1.02. The number of methoxy groups -OCH3 is 2. The zero-order chi connectivity index (χ0) is 15.1. The molecule has 108 valence electrons. The molecule has 0 unspecified atom stereocenters. The summed E-state index contributed by atoms with van der Waals surface area (Å²) in [5.41, 5.74) is 4.89. The fourth-order valence-corrected chi connectivity index (χ4v) is 1.31. The van der Waals surface area contributed by atoms with Gasteiger partial charge < -0.3 is 19.9 Å². The molecule has 8 nitrogen and oxygen atoms in total. The summed E-state index contributed by atoms with van der Waals surface area (Å²) in [6, 6.07) is 3.42. The lowest BCUT2D eigenvalue weighted by Crippen LogP contribution is -2.37. The van der Waals surface area contributed by atoms with Crippen LogP contribution in [0.3, 0.4) is 0 Å². The molecule has 0 aliphatic heterocycles. The Morgan fingerprint density at radius 3 is 2.10 bits per heavy atom. The van der Waals surface area contributed by atoms with Crippen molar-refractivity contribution in [3.8, 4) is 11.5 Å². The number of nitrogens with one attached hydrogen (secondary N) is 1. The number of carbonyl (C=O) groups excluding carboxylic acids is 3. The maximum atomic E-state index is 11.7. The molecule has 20 heavy (non-hydrogen) atoms. The zero-order valence-electron chi connectivity index (χ0n) is 11.0. The number of ether oxygens (including phenoxy) is 3. The molecule has 0 aliphatic carbocycles. The number of urea groups is 1. The lowest BCUT2D eigenvalue weighted by Gasteiger charge is -2.08. The summed E-state index contributed by atoms with van der Waals surface area (Å²) in [5, 5.41) is 1.77. The Labute approximate surface area is 114 Å². The number of imide groups is 1. The van der Waals surface area contributed by atoms with E-state index in [1.807, 2.05) is 0 Å². The molecule has 0 radical (unpaired) electrons. The molecule has 1 rings (SSSR count). The van der Waals surface area contributed by atoms with E-state index in [4.69, 9.17) is 19.9 Å². The second-order valence-electron chi connectivity index (χ2n) is 3.59. The van der Waals surface area contributed by atoms with Gasteiger partial charge >= 0.3 is 12.0 Å². The Morgan fingerprint density at radius 2 is 1.65 bits per heavy atom. The van der Waals surface area contributed by atoms with Crippen LogP contribution in [0.1, 0.15) is 10.4 Å². The molecule has 3 N–H and O–H groups in total. The van der Waals surface area contributed by atoms with E-state index in [0.717, 1.165) is 0 Å². The first-order valence-corrected chi connectivity index (χ1v) is 5.45. The first-order chi connectivity index (χ1) is 9.46. The quantitative estimate of drug-likeness (QED) is 0.737. The first-order valence-electron chi connectivity index (χ1n) is 5.45. The molecule has 0 bridgehead atoms. The van der Waals surface area contributed by atoms with Crippen LogP contribution in [-0.2, 0) is 9.53 Å². The molecule has 1 aromatic rings. The molecule has 8 heteroatoms. The molecule has 3 amide bonds. The van der Waals surface area contributed by atoms with Gasteiger partial charge in [0.1, 0.15) is 11.5 Å². The van der Waals surface area contributed by atoms with Crippen LogP contribution in [0.25, 0.3) is 0 Å². The smallest absolute Gasteiger partial charge is 0.338 e. The van der Waals surface area contributed by atoms with E-state index >= 15 is 0 Å². The number of benzene rings is 1. The van der Waals surface area contributed by atoms with Gasteiger partial charge in [0.2, 0.25) is 0 Å². The van der Waals surface area contributed by atoms with Gasteiger partial charge in [-0.3, -0.25) is 10.1 Å². The minimum Gasteiger partial charge on any atom is -0.497 e. The van der Waals surface area contributed by atoms with Crippen LogP contribution >= 0.6 is 0 Å². The third-order valence-corrected chi connectivity index (χ3v) is 2.18. The highest BCUT2D eigenvalue weighted by Gasteiger charge is 2.13. The number of hydrogen-bond acceptors (Lipinski definition) is 6. The highest BCUT2D eigenvalue weighted by Crippen LogP contribution is 2.22. The highest BCUT2D eigenvalue weighted by molar-refractivity contribution is 5.96. The summed E-state index contributed by atoms with van der Waals surface area (Å²) < 4.78 is 14.7. The Balaban J connectivity index is 2.72. The van der Waals surface area contributed by atoms with Crippen molar-refractivity contribution in [1.29, 1.82) is 0 Å². The number of rotatable bonds is 5. The minimum absolute atomic E-state index is 0.146. The van der Waals surface area contributed by atoms with Gasteiger partial charge in [0.15, 0.2) is 6.61 Å². The van der Waals surface area contributed by atoms with Gasteiger partial charge in [0.25, 0.3) is 5.91 Å². The summed E-state index contributed by atoms with van der Waals surface area (Å²) in [6.07, 6.45) is 0. The second kappa shape index (κ2) is 6.98. The van der Waals surface area contributed by atoms with Crippen molar-refractivity contribution in [3.63, 3.8) is 0 Å². The fourth-order valence-electron chi connectivity index (χ4n) is 1.31. The summed E-state index contributed by atoms with van der Waals surface area (Å²) >= 11 is 0. The summed E-state index contributed by atoms with van der Waals surface area (Å²) in [4.78, 5) is 33.2. The van der Waals surface area contributed by atoms with Gasteiger partial charge in [-0.1, -0.05) is 0 Å². The van der Waals surface area contributed by atoms with Gasteiger partial charge in [-0.05, 0) is 12.1 Å². The van der Waals surface area contributed by atoms with E-state index in [1.165, 1.54) is 26.4 Å². The van der Waals surface area contributed by atoms with Crippen molar-refractivity contribution in [3.05, 3.63) is 23.8 Å². The van der Waals surface area contributed by atoms with E-state index in [-0.39, 0.29) is 5.56 Å². The SMILES string of the molecule is COc1cc(OC)cc(C(=O)OCC(=O)NC(N)=O)c1. The highest BCUT2D eigenvalue weighted by atomic mass is 16.5. The van der Waals surface area contributed by atoms with Crippen LogP contribution in [0, 0.1) is 0 Å². The maximum Gasteiger partial charge on any atom is 0.338 e. The Bertz CT molecular complexity index is 506.